The molecule has 1 heterocycles. The average molecular weight is 199 g/mol. The van der Waals surface area contributed by atoms with Gasteiger partial charge in [0.25, 0.3) is 0 Å². The SMILES string of the molecule is [2H]C1([2H])CNC[C@]([2H])(C)c2cc(Cl)ccc21. The molecule has 0 saturated heterocycles. The lowest BCUT2D eigenvalue weighted by Gasteiger charge is -2.11. The van der Waals surface area contributed by atoms with Crippen LogP contribution in [-0.4, -0.2) is 13.1 Å². The van der Waals surface area contributed by atoms with Gasteiger partial charge in [-0.1, -0.05) is 24.6 Å². The molecule has 13 heavy (non-hydrogen) atoms. The average Bonchev–Trinajstić information content (AvgIpc) is 2.23. The molecule has 0 amide bonds. The van der Waals surface area contributed by atoms with Crippen LogP contribution in [0.15, 0.2) is 18.2 Å². The number of hydrogen-bond acceptors (Lipinski definition) is 1. The van der Waals surface area contributed by atoms with Crippen molar-refractivity contribution in [3.05, 3.63) is 34.3 Å². The molecule has 0 aliphatic carbocycles. The van der Waals surface area contributed by atoms with E-state index in [9.17, 15) is 0 Å². The van der Waals surface area contributed by atoms with Gasteiger partial charge in [0.1, 0.15) is 0 Å². The minimum Gasteiger partial charge on any atom is -0.316 e. The number of benzene rings is 1. The maximum Gasteiger partial charge on any atom is 0.0409 e. The minimum absolute atomic E-state index is 0.232. The van der Waals surface area contributed by atoms with Gasteiger partial charge in [-0.25, -0.2) is 0 Å². The molecule has 2 heteroatoms. The second-order valence-electron chi connectivity index (χ2n) is 3.25. The van der Waals surface area contributed by atoms with Gasteiger partial charge in [-0.3, -0.25) is 0 Å². The molecule has 1 nitrogen and oxygen atoms in total. The van der Waals surface area contributed by atoms with E-state index in [-0.39, 0.29) is 6.54 Å². The van der Waals surface area contributed by atoms with Gasteiger partial charge < -0.3 is 5.32 Å². The van der Waals surface area contributed by atoms with Crippen molar-refractivity contribution in [2.24, 2.45) is 0 Å². The molecule has 1 aromatic rings. The zero-order valence-electron chi connectivity index (χ0n) is 10.5. The van der Waals surface area contributed by atoms with Crippen LogP contribution in [-0.2, 0) is 6.37 Å². The van der Waals surface area contributed by atoms with Crippen LogP contribution in [0.1, 0.15) is 28.1 Å². The molecule has 0 bridgehead atoms. The highest BCUT2D eigenvalue weighted by Gasteiger charge is 2.13. The lowest BCUT2D eigenvalue weighted by Crippen LogP contribution is -2.18. The predicted molar refractivity (Wildman–Crippen MR) is 56.4 cm³/mol. The second kappa shape index (κ2) is 3.69. The summed E-state index contributed by atoms with van der Waals surface area (Å²) in [6.45, 7) is 2.44. The van der Waals surface area contributed by atoms with Crippen molar-refractivity contribution in [1.82, 2.24) is 5.32 Å². The van der Waals surface area contributed by atoms with E-state index in [0.29, 0.717) is 22.7 Å². The van der Waals surface area contributed by atoms with E-state index in [2.05, 4.69) is 5.32 Å². The van der Waals surface area contributed by atoms with E-state index < -0.39 is 12.3 Å². The third-order valence-electron chi connectivity index (χ3n) is 2.24. The maximum absolute atomic E-state index is 8.23. The van der Waals surface area contributed by atoms with Gasteiger partial charge in [0.05, 0.1) is 0 Å². The fourth-order valence-corrected chi connectivity index (χ4v) is 1.70. The minimum atomic E-state index is -1.45. The summed E-state index contributed by atoms with van der Waals surface area (Å²) >= 11 is 5.92. The van der Waals surface area contributed by atoms with Gasteiger partial charge >= 0.3 is 0 Å². The van der Waals surface area contributed by atoms with E-state index in [1.165, 1.54) is 0 Å². The molecule has 70 valence electrons. The molecule has 0 radical (unpaired) electrons. The van der Waals surface area contributed by atoms with E-state index in [0.717, 1.165) is 0 Å². The van der Waals surface area contributed by atoms with Crippen molar-refractivity contribution >= 4 is 11.6 Å². The van der Waals surface area contributed by atoms with Gasteiger partial charge in [0, 0.05) is 15.7 Å². The number of halogens is 1. The molecule has 0 fully saturated rings. The van der Waals surface area contributed by atoms with Crippen LogP contribution < -0.4 is 5.32 Å². The first-order valence-electron chi connectivity index (χ1n) is 5.84. The van der Waals surface area contributed by atoms with Crippen LogP contribution in [0.25, 0.3) is 0 Å². The highest BCUT2D eigenvalue weighted by atomic mass is 35.5. The Morgan fingerprint density at radius 2 is 2.54 bits per heavy atom. The molecule has 1 atom stereocenters. The molecule has 0 spiro atoms. The first kappa shape index (κ1) is 6.05. The van der Waals surface area contributed by atoms with Crippen LogP contribution in [0.2, 0.25) is 5.02 Å². The van der Waals surface area contributed by atoms with E-state index in [4.69, 9.17) is 15.7 Å². The van der Waals surface area contributed by atoms with Crippen LogP contribution >= 0.6 is 11.6 Å². The standard InChI is InChI=1S/C11H14ClN/c1-8-7-13-5-4-9-2-3-10(12)6-11(8)9/h2-3,6,8,13H,4-5,7H2,1H3/t8-/m0/s1/i4D2,8D. The van der Waals surface area contributed by atoms with Crippen molar-refractivity contribution in [3.63, 3.8) is 0 Å². The quantitative estimate of drug-likeness (QED) is 0.676. The number of rotatable bonds is 0. The molecule has 1 aromatic carbocycles. The lowest BCUT2D eigenvalue weighted by molar-refractivity contribution is 0.644. The number of fused-ring (bicyclic) bond motifs is 1. The summed E-state index contributed by atoms with van der Waals surface area (Å²) in [6, 6.07) is 5.08. The van der Waals surface area contributed by atoms with E-state index >= 15 is 0 Å². The molecule has 0 saturated carbocycles. The fraction of sp³-hybridized carbons (Fsp3) is 0.455. The number of nitrogens with one attached hydrogen (secondary N) is 1. The molecule has 1 aliphatic rings. The molecule has 0 aromatic heterocycles. The highest BCUT2D eigenvalue weighted by molar-refractivity contribution is 6.30. The van der Waals surface area contributed by atoms with Gasteiger partial charge in [-0.05, 0) is 42.1 Å². The Bertz CT molecular complexity index is 418. The molecule has 2 rings (SSSR count). The first-order valence-corrected chi connectivity index (χ1v) is 4.72. The molecule has 1 N–H and O–H groups in total. The molecule has 0 unspecified atom stereocenters. The zero-order chi connectivity index (χ0) is 12.0. The Labute approximate surface area is 88.3 Å². The zero-order valence-corrected chi connectivity index (χ0v) is 8.28. The van der Waals surface area contributed by atoms with Crippen LogP contribution in [0.3, 0.4) is 0 Å². The summed E-state index contributed by atoms with van der Waals surface area (Å²) in [4.78, 5) is 0. The third kappa shape index (κ3) is 1.87. The van der Waals surface area contributed by atoms with Crippen molar-refractivity contribution in [2.45, 2.75) is 19.2 Å². The molecular weight excluding hydrogens is 182 g/mol. The predicted octanol–water partition coefficient (Wildman–Crippen LogP) is 2.59. The smallest absolute Gasteiger partial charge is 0.0409 e. The summed E-state index contributed by atoms with van der Waals surface area (Å²) in [7, 11) is 0. The Morgan fingerprint density at radius 3 is 3.38 bits per heavy atom. The molecular formula is C11H14ClN. The van der Waals surface area contributed by atoms with Crippen LogP contribution in [0.4, 0.5) is 0 Å². The van der Waals surface area contributed by atoms with Crippen molar-refractivity contribution in [1.29, 1.82) is 0 Å². The van der Waals surface area contributed by atoms with Crippen LogP contribution in [0, 0.1) is 0 Å². The van der Waals surface area contributed by atoms with E-state index in [1.54, 1.807) is 25.1 Å². The van der Waals surface area contributed by atoms with Gasteiger partial charge in [0.2, 0.25) is 0 Å². The Kier molecular flexibility index (Phi) is 1.71. The maximum atomic E-state index is 8.23. The first-order chi connectivity index (χ1) is 7.33. The second-order valence-corrected chi connectivity index (χ2v) is 3.69. The molecule has 1 aliphatic heterocycles. The summed E-state index contributed by atoms with van der Waals surface area (Å²) in [5.41, 5.74) is 1.24. The normalized spacial score (nSPS) is 35.1. The van der Waals surface area contributed by atoms with Crippen molar-refractivity contribution in [3.8, 4) is 0 Å². The Morgan fingerprint density at radius 1 is 1.69 bits per heavy atom. The largest absolute Gasteiger partial charge is 0.316 e. The topological polar surface area (TPSA) is 12.0 Å². The summed E-state index contributed by atoms with van der Waals surface area (Å²) < 4.78 is 24.2. The number of hydrogen-bond donors (Lipinski definition) is 1. The van der Waals surface area contributed by atoms with Crippen LogP contribution in [0.5, 0.6) is 0 Å². The summed E-state index contributed by atoms with van der Waals surface area (Å²) in [6.07, 6.45) is -1.45. The highest BCUT2D eigenvalue weighted by Crippen LogP contribution is 2.25. The monoisotopic (exact) mass is 198 g/mol. The Balaban J connectivity index is 2.65. The van der Waals surface area contributed by atoms with Crippen molar-refractivity contribution < 1.29 is 4.11 Å². The fourth-order valence-electron chi connectivity index (χ4n) is 1.53. The summed E-state index contributed by atoms with van der Waals surface area (Å²) in [5.74, 6) is -0.843. The van der Waals surface area contributed by atoms with E-state index in [1.807, 2.05) is 0 Å². The van der Waals surface area contributed by atoms with Gasteiger partial charge in [-0.2, -0.15) is 0 Å². The Hall–Kier alpha value is -0.530. The lowest BCUT2D eigenvalue weighted by atomic mass is 9.96. The van der Waals surface area contributed by atoms with Gasteiger partial charge in [-0.15, -0.1) is 0 Å². The van der Waals surface area contributed by atoms with Gasteiger partial charge in [0.15, 0.2) is 0 Å². The third-order valence-corrected chi connectivity index (χ3v) is 2.47. The van der Waals surface area contributed by atoms with Crippen molar-refractivity contribution in [2.75, 3.05) is 13.1 Å². The summed E-state index contributed by atoms with van der Waals surface area (Å²) in [5, 5.41) is 3.54.